The van der Waals surface area contributed by atoms with Crippen molar-refractivity contribution in [3.05, 3.63) is 18.0 Å². The molecule has 122 valence electrons. The van der Waals surface area contributed by atoms with Crippen molar-refractivity contribution in [2.75, 3.05) is 6.54 Å². The van der Waals surface area contributed by atoms with E-state index in [0.717, 1.165) is 44.2 Å². The van der Waals surface area contributed by atoms with Gasteiger partial charge in [0.2, 0.25) is 0 Å². The van der Waals surface area contributed by atoms with Crippen molar-refractivity contribution >= 4 is 6.03 Å². The Morgan fingerprint density at radius 3 is 2.82 bits per heavy atom. The Kier molecular flexibility index (Phi) is 4.66. The predicted molar refractivity (Wildman–Crippen MR) is 83.4 cm³/mol. The van der Waals surface area contributed by atoms with Crippen molar-refractivity contribution in [2.24, 2.45) is 0 Å². The van der Waals surface area contributed by atoms with Crippen molar-refractivity contribution in [1.82, 2.24) is 20.4 Å². The number of piperidine rings is 1. The molecule has 1 aromatic heterocycles. The molecule has 3 atom stereocenters. The number of aromatic nitrogens is 2. The van der Waals surface area contributed by atoms with E-state index in [2.05, 4.69) is 29.4 Å². The van der Waals surface area contributed by atoms with Gasteiger partial charge < -0.3 is 15.0 Å². The molecule has 0 aromatic carbocycles. The molecule has 2 N–H and O–H groups in total. The average Bonchev–Trinajstić information content (AvgIpc) is 3.00. The van der Waals surface area contributed by atoms with Gasteiger partial charge >= 0.3 is 6.03 Å². The molecule has 0 aliphatic carbocycles. The number of carbonyl (C=O) groups excluding carboxylic acids is 1. The van der Waals surface area contributed by atoms with Crippen LogP contribution in [-0.4, -0.2) is 45.9 Å². The van der Waals surface area contributed by atoms with Crippen LogP contribution in [0.5, 0.6) is 0 Å². The van der Waals surface area contributed by atoms with Gasteiger partial charge in [0, 0.05) is 24.3 Å². The second-order valence-electron chi connectivity index (χ2n) is 6.61. The molecule has 0 unspecified atom stereocenters. The highest BCUT2D eigenvalue weighted by atomic mass is 16.5. The standard InChI is InChI=1S/C16H26N4O2/c1-11-7-14(8-12(2)22-11)19-16(21)20-6-4-3-5-15(20)13-9-17-18-10-13/h9-12,14-15H,3-8H2,1-2H3,(H,17,18)(H,19,21)/t11-,12-,15+/m1/s1. The lowest BCUT2D eigenvalue weighted by Crippen LogP contribution is -2.51. The number of amides is 2. The molecule has 2 aliphatic rings. The molecule has 6 heteroatoms. The highest BCUT2D eigenvalue weighted by molar-refractivity contribution is 5.75. The van der Waals surface area contributed by atoms with Crippen LogP contribution in [-0.2, 0) is 4.74 Å². The summed E-state index contributed by atoms with van der Waals surface area (Å²) in [4.78, 5) is 14.7. The first-order valence-electron chi connectivity index (χ1n) is 8.34. The van der Waals surface area contributed by atoms with E-state index >= 15 is 0 Å². The Labute approximate surface area is 131 Å². The molecule has 1 aromatic rings. The van der Waals surface area contributed by atoms with E-state index in [-0.39, 0.29) is 30.3 Å². The number of hydrogen-bond acceptors (Lipinski definition) is 3. The van der Waals surface area contributed by atoms with Crippen LogP contribution >= 0.6 is 0 Å². The lowest BCUT2D eigenvalue weighted by Gasteiger charge is -2.38. The molecule has 0 radical (unpaired) electrons. The van der Waals surface area contributed by atoms with Crippen LogP contribution in [0.25, 0.3) is 0 Å². The zero-order valence-electron chi connectivity index (χ0n) is 13.4. The third-order valence-corrected chi connectivity index (χ3v) is 4.69. The first-order valence-corrected chi connectivity index (χ1v) is 8.34. The van der Waals surface area contributed by atoms with Gasteiger partial charge in [0.15, 0.2) is 0 Å². The third-order valence-electron chi connectivity index (χ3n) is 4.69. The van der Waals surface area contributed by atoms with Gasteiger partial charge in [0.25, 0.3) is 0 Å². The van der Waals surface area contributed by atoms with E-state index in [0.29, 0.717) is 0 Å². The summed E-state index contributed by atoms with van der Waals surface area (Å²) >= 11 is 0. The number of nitrogens with zero attached hydrogens (tertiary/aromatic N) is 2. The lowest BCUT2D eigenvalue weighted by molar-refractivity contribution is -0.0410. The molecule has 2 fully saturated rings. The molecule has 0 bridgehead atoms. The van der Waals surface area contributed by atoms with Crippen LogP contribution in [0.3, 0.4) is 0 Å². The van der Waals surface area contributed by atoms with Gasteiger partial charge in [-0.2, -0.15) is 5.10 Å². The second kappa shape index (κ2) is 6.69. The molecule has 2 saturated heterocycles. The number of rotatable bonds is 2. The van der Waals surface area contributed by atoms with E-state index in [1.807, 2.05) is 17.3 Å². The molecular weight excluding hydrogens is 280 g/mol. The number of carbonyl (C=O) groups is 1. The summed E-state index contributed by atoms with van der Waals surface area (Å²) in [6.45, 7) is 4.96. The number of ether oxygens (including phenoxy) is 1. The molecule has 3 heterocycles. The fraction of sp³-hybridized carbons (Fsp3) is 0.750. The lowest BCUT2D eigenvalue weighted by atomic mass is 9.97. The van der Waals surface area contributed by atoms with E-state index < -0.39 is 0 Å². The van der Waals surface area contributed by atoms with Crippen LogP contribution in [0.4, 0.5) is 4.79 Å². The summed E-state index contributed by atoms with van der Waals surface area (Å²) in [5.74, 6) is 0. The van der Waals surface area contributed by atoms with Crippen LogP contribution in [0, 0.1) is 0 Å². The van der Waals surface area contributed by atoms with E-state index in [1.165, 1.54) is 0 Å². The number of H-pyrrole nitrogens is 1. The van der Waals surface area contributed by atoms with Gasteiger partial charge in [-0.25, -0.2) is 4.79 Å². The Balaban J connectivity index is 1.64. The molecule has 3 rings (SSSR count). The topological polar surface area (TPSA) is 70.2 Å². The highest BCUT2D eigenvalue weighted by Crippen LogP contribution is 2.30. The van der Waals surface area contributed by atoms with Gasteiger partial charge in [-0.1, -0.05) is 0 Å². The fourth-order valence-electron chi connectivity index (χ4n) is 3.74. The summed E-state index contributed by atoms with van der Waals surface area (Å²) in [5, 5.41) is 10.1. The number of aromatic amines is 1. The molecule has 0 saturated carbocycles. The summed E-state index contributed by atoms with van der Waals surface area (Å²) in [5.41, 5.74) is 1.10. The molecule has 2 amide bonds. The number of urea groups is 1. The van der Waals surface area contributed by atoms with Gasteiger partial charge in [0.1, 0.15) is 0 Å². The van der Waals surface area contributed by atoms with Crippen molar-refractivity contribution < 1.29 is 9.53 Å². The Hall–Kier alpha value is -1.56. The minimum Gasteiger partial charge on any atom is -0.375 e. The minimum absolute atomic E-state index is 0.0530. The normalized spacial score (nSPS) is 32.7. The SMILES string of the molecule is C[C@@H]1CC(NC(=O)N2CCCC[C@H]2c2cn[nH]c2)C[C@@H](C)O1. The van der Waals surface area contributed by atoms with Gasteiger partial charge in [0.05, 0.1) is 24.4 Å². The van der Waals surface area contributed by atoms with Gasteiger partial charge in [-0.3, -0.25) is 5.10 Å². The summed E-state index contributed by atoms with van der Waals surface area (Å²) in [6, 6.07) is 0.401. The zero-order valence-corrected chi connectivity index (χ0v) is 13.4. The van der Waals surface area contributed by atoms with Crippen LogP contribution < -0.4 is 5.32 Å². The number of likely N-dealkylation sites (tertiary alicyclic amines) is 1. The molecular formula is C16H26N4O2. The second-order valence-corrected chi connectivity index (χ2v) is 6.61. The number of nitrogens with one attached hydrogen (secondary N) is 2. The van der Waals surface area contributed by atoms with E-state index in [4.69, 9.17) is 4.74 Å². The summed E-state index contributed by atoms with van der Waals surface area (Å²) in [7, 11) is 0. The Morgan fingerprint density at radius 2 is 2.14 bits per heavy atom. The number of hydrogen-bond donors (Lipinski definition) is 2. The monoisotopic (exact) mass is 306 g/mol. The Bertz CT molecular complexity index is 480. The maximum absolute atomic E-state index is 12.7. The smallest absolute Gasteiger partial charge is 0.318 e. The summed E-state index contributed by atoms with van der Waals surface area (Å²) in [6.07, 6.45) is 9.16. The third kappa shape index (κ3) is 3.43. The van der Waals surface area contributed by atoms with Crippen LogP contribution in [0.15, 0.2) is 12.4 Å². The first kappa shape index (κ1) is 15.3. The zero-order chi connectivity index (χ0) is 15.5. The molecule has 22 heavy (non-hydrogen) atoms. The van der Waals surface area contributed by atoms with Crippen molar-refractivity contribution in [1.29, 1.82) is 0 Å². The predicted octanol–water partition coefficient (Wildman–Crippen LogP) is 2.60. The van der Waals surface area contributed by atoms with Crippen molar-refractivity contribution in [3.63, 3.8) is 0 Å². The fourth-order valence-corrected chi connectivity index (χ4v) is 3.74. The van der Waals surface area contributed by atoms with E-state index in [1.54, 1.807) is 0 Å². The van der Waals surface area contributed by atoms with Gasteiger partial charge in [-0.15, -0.1) is 0 Å². The molecule has 2 aliphatic heterocycles. The van der Waals surface area contributed by atoms with Crippen molar-refractivity contribution in [2.45, 2.75) is 70.2 Å². The summed E-state index contributed by atoms with van der Waals surface area (Å²) < 4.78 is 5.75. The Morgan fingerprint density at radius 1 is 1.36 bits per heavy atom. The van der Waals surface area contributed by atoms with Crippen molar-refractivity contribution in [3.8, 4) is 0 Å². The van der Waals surface area contributed by atoms with Crippen LogP contribution in [0.1, 0.15) is 57.6 Å². The highest BCUT2D eigenvalue weighted by Gasteiger charge is 2.31. The van der Waals surface area contributed by atoms with Crippen LogP contribution in [0.2, 0.25) is 0 Å². The largest absolute Gasteiger partial charge is 0.375 e. The van der Waals surface area contributed by atoms with E-state index in [9.17, 15) is 4.79 Å². The minimum atomic E-state index is 0.0530. The first-order chi connectivity index (χ1) is 10.6. The maximum atomic E-state index is 12.7. The maximum Gasteiger partial charge on any atom is 0.318 e. The molecule has 0 spiro atoms. The quantitative estimate of drug-likeness (QED) is 0.882. The molecule has 6 nitrogen and oxygen atoms in total. The van der Waals surface area contributed by atoms with Gasteiger partial charge in [-0.05, 0) is 46.0 Å². The average molecular weight is 306 g/mol.